The van der Waals surface area contributed by atoms with Crippen LogP contribution in [-0.4, -0.2) is 84.3 Å². The van der Waals surface area contributed by atoms with Gasteiger partial charge in [-0.15, -0.1) is 0 Å². The highest BCUT2D eigenvalue weighted by molar-refractivity contribution is 5.99. The van der Waals surface area contributed by atoms with E-state index in [9.17, 15) is 9.18 Å². The fourth-order valence-corrected chi connectivity index (χ4v) is 5.16. The molecule has 3 aromatic carbocycles. The number of aromatic nitrogens is 3. The number of nitrogens with zero attached hydrogens (tertiary/aromatic N) is 5. The van der Waals surface area contributed by atoms with E-state index in [2.05, 4.69) is 47.7 Å². The van der Waals surface area contributed by atoms with Crippen molar-refractivity contribution in [3.8, 4) is 11.5 Å². The highest BCUT2D eigenvalue weighted by Crippen LogP contribution is 2.35. The van der Waals surface area contributed by atoms with Crippen LogP contribution in [0.25, 0.3) is 22.0 Å². The van der Waals surface area contributed by atoms with Crippen molar-refractivity contribution in [2.75, 3.05) is 69.4 Å². The fraction of sp³-hybridized carbons (Fsp3) is 0.312. The second kappa shape index (κ2) is 13.3. The molecule has 6 rings (SSSR count). The Labute approximate surface area is 259 Å². The molecule has 12 nitrogen and oxygen atoms in total. The number of hydrogen-bond acceptors (Lipinski definition) is 10. The highest BCUT2D eigenvalue weighted by atomic mass is 19.1. The van der Waals surface area contributed by atoms with Crippen LogP contribution in [-0.2, 0) is 0 Å². The molecule has 45 heavy (non-hydrogen) atoms. The molecule has 1 fully saturated rings. The number of rotatable bonds is 10. The Bertz CT molecular complexity index is 1820. The van der Waals surface area contributed by atoms with Gasteiger partial charge < -0.3 is 34.3 Å². The van der Waals surface area contributed by atoms with Gasteiger partial charge in [0.1, 0.15) is 23.5 Å². The van der Waals surface area contributed by atoms with Crippen molar-refractivity contribution in [2.45, 2.75) is 13.3 Å². The summed E-state index contributed by atoms with van der Waals surface area (Å²) in [5, 5.41) is 9.04. The van der Waals surface area contributed by atoms with Crippen LogP contribution in [0.3, 0.4) is 0 Å². The van der Waals surface area contributed by atoms with Crippen LogP contribution in [0, 0.1) is 12.7 Å². The molecule has 1 aliphatic rings. The molecule has 3 heterocycles. The Kier molecular flexibility index (Phi) is 8.89. The maximum Gasteiger partial charge on any atom is 0.327 e. The molecule has 2 aromatic heterocycles. The highest BCUT2D eigenvalue weighted by Gasteiger charge is 2.16. The Hall–Kier alpha value is -5.01. The number of benzene rings is 3. The molecule has 234 valence electrons. The van der Waals surface area contributed by atoms with Gasteiger partial charge in [0.25, 0.3) is 0 Å². The molecular weight excluding hydrogens is 579 g/mol. The molecule has 0 radical (unpaired) electrons. The van der Waals surface area contributed by atoms with Gasteiger partial charge in [-0.05, 0) is 56.3 Å². The lowest BCUT2D eigenvalue weighted by molar-refractivity contribution is 0.145. The average molecular weight is 615 g/mol. The van der Waals surface area contributed by atoms with Crippen molar-refractivity contribution in [3.05, 3.63) is 66.2 Å². The third-order valence-corrected chi connectivity index (χ3v) is 7.63. The smallest absolute Gasteiger partial charge is 0.327 e. The number of carbonyl (C=O) groups is 1. The van der Waals surface area contributed by atoms with Crippen LogP contribution in [0.15, 0.2) is 59.3 Å². The summed E-state index contributed by atoms with van der Waals surface area (Å²) < 4.78 is 31.5. The Morgan fingerprint density at radius 3 is 2.67 bits per heavy atom. The third kappa shape index (κ3) is 7.21. The number of urea groups is 1. The number of carbonyl (C=O) groups excluding carboxylic acids is 1. The zero-order valence-corrected chi connectivity index (χ0v) is 25.4. The van der Waals surface area contributed by atoms with Crippen molar-refractivity contribution in [1.29, 1.82) is 0 Å². The predicted molar refractivity (Wildman–Crippen MR) is 171 cm³/mol. The van der Waals surface area contributed by atoms with E-state index in [-0.39, 0.29) is 11.7 Å². The first-order chi connectivity index (χ1) is 21.8. The maximum atomic E-state index is 14.0. The summed E-state index contributed by atoms with van der Waals surface area (Å²) in [4.78, 5) is 30.5. The first-order valence-corrected chi connectivity index (χ1v) is 14.7. The van der Waals surface area contributed by atoms with Gasteiger partial charge in [-0.1, -0.05) is 6.07 Å². The summed E-state index contributed by atoms with van der Waals surface area (Å²) in [7, 11) is 3.76. The SMILES string of the molecule is COc1cc2c(Nc3ccc4nc(NC(=O)Nc5cc(C)ccc5F)oc4c3)ncnc2cc1OCCCN1CCN(C)CC1. The maximum absolute atomic E-state index is 14.0. The van der Waals surface area contributed by atoms with Crippen molar-refractivity contribution >= 4 is 51.2 Å². The molecule has 13 heteroatoms. The number of piperazine rings is 1. The molecule has 0 saturated carbocycles. The molecule has 0 aliphatic carbocycles. The number of likely N-dealkylation sites (N-methyl/N-ethyl adjacent to an activating group) is 1. The van der Waals surface area contributed by atoms with Crippen LogP contribution in [0.5, 0.6) is 11.5 Å². The number of methoxy groups -OCH3 is 1. The lowest BCUT2D eigenvalue weighted by Gasteiger charge is -2.32. The number of nitrogens with one attached hydrogen (secondary N) is 3. The average Bonchev–Trinajstić information content (AvgIpc) is 3.43. The van der Waals surface area contributed by atoms with Crippen LogP contribution in [0.4, 0.5) is 32.4 Å². The second-order valence-electron chi connectivity index (χ2n) is 11.0. The van der Waals surface area contributed by atoms with Gasteiger partial charge in [-0.2, -0.15) is 4.98 Å². The number of oxazole rings is 1. The molecule has 0 atom stereocenters. The molecule has 3 N–H and O–H groups in total. The number of hydrogen-bond donors (Lipinski definition) is 3. The van der Waals surface area contributed by atoms with E-state index in [1.165, 1.54) is 18.5 Å². The third-order valence-electron chi connectivity index (χ3n) is 7.63. The molecular formula is C32H35FN8O4. The number of halogens is 1. The predicted octanol–water partition coefficient (Wildman–Crippen LogP) is 5.63. The number of aryl methyl sites for hydroxylation is 1. The second-order valence-corrected chi connectivity index (χ2v) is 11.0. The largest absolute Gasteiger partial charge is 0.493 e. The summed E-state index contributed by atoms with van der Waals surface area (Å²) in [6, 6.07) is 12.8. The molecule has 0 bridgehead atoms. The van der Waals surface area contributed by atoms with Gasteiger partial charge in [-0.25, -0.2) is 19.2 Å². The standard InChI is InChI=1S/C32H35FN8O4/c1-20-5-7-23(33)26(15-20)37-31(42)39-32-38-24-8-6-21(16-27(24)45-32)36-30-22-17-28(43-3)29(18-25(22)34-19-35-30)44-14-4-9-41-12-10-40(2)11-13-41/h5-8,15-19H,4,9-14H2,1-3H3,(H,34,35,36)(H2,37,38,39,42). The van der Waals surface area contributed by atoms with E-state index in [1.54, 1.807) is 32.2 Å². The quantitative estimate of drug-likeness (QED) is 0.170. The van der Waals surface area contributed by atoms with E-state index in [1.807, 2.05) is 18.2 Å². The van der Waals surface area contributed by atoms with Gasteiger partial charge in [0.05, 0.1) is 24.9 Å². The van der Waals surface area contributed by atoms with Crippen molar-refractivity contribution in [2.24, 2.45) is 0 Å². The molecule has 0 unspecified atom stereocenters. The van der Waals surface area contributed by atoms with E-state index in [0.29, 0.717) is 46.2 Å². The van der Waals surface area contributed by atoms with Gasteiger partial charge in [0.2, 0.25) is 0 Å². The van der Waals surface area contributed by atoms with Crippen molar-refractivity contribution < 1.29 is 23.1 Å². The first-order valence-electron chi connectivity index (χ1n) is 14.7. The molecule has 5 aromatic rings. The summed E-state index contributed by atoms with van der Waals surface area (Å²) in [5.41, 5.74) is 3.21. The summed E-state index contributed by atoms with van der Waals surface area (Å²) in [6.07, 6.45) is 2.40. The molecule has 2 amide bonds. The van der Waals surface area contributed by atoms with Crippen molar-refractivity contribution in [3.63, 3.8) is 0 Å². The van der Waals surface area contributed by atoms with Crippen LogP contribution in [0.1, 0.15) is 12.0 Å². The minimum atomic E-state index is -0.677. The minimum Gasteiger partial charge on any atom is -0.493 e. The molecule has 1 aliphatic heterocycles. The Morgan fingerprint density at radius 2 is 1.84 bits per heavy atom. The number of ether oxygens (including phenoxy) is 2. The fourth-order valence-electron chi connectivity index (χ4n) is 5.16. The van der Waals surface area contributed by atoms with Gasteiger partial charge >= 0.3 is 12.0 Å². The van der Waals surface area contributed by atoms with Gasteiger partial charge in [-0.3, -0.25) is 5.32 Å². The van der Waals surface area contributed by atoms with Crippen molar-refractivity contribution in [1.82, 2.24) is 24.8 Å². The van der Waals surface area contributed by atoms with Crippen LogP contribution >= 0.6 is 0 Å². The Morgan fingerprint density at radius 1 is 1.00 bits per heavy atom. The van der Waals surface area contributed by atoms with Gasteiger partial charge in [0.15, 0.2) is 17.1 Å². The summed E-state index contributed by atoms with van der Waals surface area (Å²) in [5.74, 6) is 1.24. The zero-order chi connectivity index (χ0) is 31.3. The lowest BCUT2D eigenvalue weighted by atomic mass is 10.2. The zero-order valence-electron chi connectivity index (χ0n) is 25.4. The minimum absolute atomic E-state index is 0.0269. The monoisotopic (exact) mass is 614 g/mol. The number of amides is 2. The first kappa shape index (κ1) is 30.0. The Balaban J connectivity index is 1.12. The lowest BCUT2D eigenvalue weighted by Crippen LogP contribution is -2.44. The van der Waals surface area contributed by atoms with E-state index in [4.69, 9.17) is 13.9 Å². The van der Waals surface area contributed by atoms with Gasteiger partial charge in [0, 0.05) is 55.9 Å². The summed E-state index contributed by atoms with van der Waals surface area (Å²) >= 11 is 0. The van der Waals surface area contributed by atoms with E-state index in [0.717, 1.165) is 50.1 Å². The number of fused-ring (bicyclic) bond motifs is 2. The van der Waals surface area contributed by atoms with E-state index >= 15 is 0 Å². The van der Waals surface area contributed by atoms with Crippen LogP contribution < -0.4 is 25.4 Å². The summed E-state index contributed by atoms with van der Waals surface area (Å²) in [6.45, 7) is 7.72. The van der Waals surface area contributed by atoms with E-state index < -0.39 is 11.8 Å². The van der Waals surface area contributed by atoms with Crippen LogP contribution in [0.2, 0.25) is 0 Å². The normalized spacial score (nSPS) is 14.0. The number of anilines is 4. The molecule has 0 spiro atoms. The topological polar surface area (TPSA) is 130 Å². The molecule has 1 saturated heterocycles.